The van der Waals surface area contributed by atoms with Crippen molar-refractivity contribution in [3.63, 3.8) is 0 Å². The number of nitrogens with one attached hydrogen (secondary N) is 2. The molecule has 5 rings (SSSR count). The molecule has 29 heavy (non-hydrogen) atoms. The lowest BCUT2D eigenvalue weighted by molar-refractivity contribution is -0.121. The van der Waals surface area contributed by atoms with Crippen LogP contribution in [0.5, 0.6) is 0 Å². The minimum atomic E-state index is -0.722. The molecule has 0 radical (unpaired) electrons. The van der Waals surface area contributed by atoms with Crippen molar-refractivity contribution in [1.29, 1.82) is 0 Å². The second kappa shape index (κ2) is 7.41. The third kappa shape index (κ3) is 3.73. The molecule has 152 valence electrons. The van der Waals surface area contributed by atoms with Gasteiger partial charge in [0.2, 0.25) is 5.91 Å². The number of amides is 2. The molecule has 0 spiro atoms. The predicted octanol–water partition coefficient (Wildman–Crippen LogP) is 4.79. The molecule has 4 nitrogen and oxygen atoms in total. The Morgan fingerprint density at radius 1 is 1.10 bits per heavy atom. The summed E-state index contributed by atoms with van der Waals surface area (Å²) >= 11 is 5.77. The quantitative estimate of drug-likeness (QED) is 0.733. The van der Waals surface area contributed by atoms with Crippen molar-refractivity contribution in [1.82, 2.24) is 5.32 Å². The fourth-order valence-electron chi connectivity index (χ4n) is 4.74. The summed E-state index contributed by atoms with van der Waals surface area (Å²) in [7, 11) is 0. The largest absolute Gasteiger partial charge is 0.346 e. The average molecular weight is 419 g/mol. The first-order valence-electron chi connectivity index (χ1n) is 9.61. The zero-order valence-corrected chi connectivity index (χ0v) is 16.6. The van der Waals surface area contributed by atoms with Gasteiger partial charge in [0.1, 0.15) is 5.82 Å². The average Bonchev–Trinajstić information content (AvgIpc) is 3.20. The van der Waals surface area contributed by atoms with E-state index in [-0.39, 0.29) is 34.1 Å². The lowest BCUT2D eigenvalue weighted by Gasteiger charge is -2.39. The van der Waals surface area contributed by atoms with Gasteiger partial charge in [-0.3, -0.25) is 9.59 Å². The van der Waals surface area contributed by atoms with Crippen LogP contribution in [0.15, 0.2) is 42.5 Å². The monoisotopic (exact) mass is 418 g/mol. The van der Waals surface area contributed by atoms with Gasteiger partial charge in [-0.2, -0.15) is 0 Å². The van der Waals surface area contributed by atoms with Crippen LogP contribution >= 0.6 is 11.6 Å². The number of hydrogen-bond acceptors (Lipinski definition) is 2. The van der Waals surface area contributed by atoms with E-state index in [9.17, 15) is 18.4 Å². The molecule has 3 aliphatic rings. The topological polar surface area (TPSA) is 58.2 Å². The lowest BCUT2D eigenvalue weighted by Crippen LogP contribution is -2.52. The molecule has 2 bridgehead atoms. The van der Waals surface area contributed by atoms with Gasteiger partial charge in [-0.05, 0) is 67.5 Å². The molecule has 0 aromatic heterocycles. The Bertz CT molecular complexity index is 958. The van der Waals surface area contributed by atoms with Gasteiger partial charge >= 0.3 is 0 Å². The van der Waals surface area contributed by atoms with Gasteiger partial charge in [0, 0.05) is 17.1 Å². The van der Waals surface area contributed by atoms with E-state index in [2.05, 4.69) is 10.6 Å². The second-order valence-corrected chi connectivity index (χ2v) is 8.56. The number of fused-ring (bicyclic) bond motifs is 1. The zero-order chi connectivity index (χ0) is 20.8. The summed E-state index contributed by atoms with van der Waals surface area (Å²) in [5, 5.41) is 5.71. The van der Waals surface area contributed by atoms with Crippen molar-refractivity contribution >= 4 is 29.1 Å². The van der Waals surface area contributed by atoms with E-state index in [4.69, 9.17) is 11.6 Å². The van der Waals surface area contributed by atoms with Crippen LogP contribution in [0.25, 0.3) is 0 Å². The van der Waals surface area contributed by atoms with Crippen LogP contribution in [0.1, 0.15) is 36.5 Å². The molecular weight excluding hydrogens is 398 g/mol. The first-order valence-corrected chi connectivity index (χ1v) is 9.99. The van der Waals surface area contributed by atoms with Crippen LogP contribution in [0, 0.1) is 29.4 Å². The molecule has 3 aliphatic carbocycles. The Morgan fingerprint density at radius 3 is 2.48 bits per heavy atom. The van der Waals surface area contributed by atoms with Crippen molar-refractivity contribution in [2.75, 3.05) is 5.32 Å². The summed E-state index contributed by atoms with van der Waals surface area (Å²) in [6.07, 6.45) is 2.23. The molecule has 2 aromatic carbocycles. The highest BCUT2D eigenvalue weighted by Gasteiger charge is 2.58. The van der Waals surface area contributed by atoms with Gasteiger partial charge in [-0.1, -0.05) is 24.6 Å². The molecule has 2 aromatic rings. The zero-order valence-electron chi connectivity index (χ0n) is 15.8. The molecule has 0 aliphatic heterocycles. The summed E-state index contributed by atoms with van der Waals surface area (Å²) in [6, 6.07) is 10.00. The smallest absolute Gasteiger partial charge is 0.254 e. The highest BCUT2D eigenvalue weighted by Crippen LogP contribution is 2.58. The van der Waals surface area contributed by atoms with Crippen LogP contribution in [0.3, 0.4) is 0 Å². The van der Waals surface area contributed by atoms with Crippen molar-refractivity contribution in [3.05, 3.63) is 64.7 Å². The molecule has 7 heteroatoms. The molecule has 3 saturated carbocycles. The number of anilines is 1. The van der Waals surface area contributed by atoms with Crippen LogP contribution in [0.4, 0.5) is 14.5 Å². The third-order valence-electron chi connectivity index (χ3n) is 6.28. The second-order valence-electron chi connectivity index (χ2n) is 8.16. The fraction of sp³-hybridized carbons (Fsp3) is 0.364. The van der Waals surface area contributed by atoms with Gasteiger partial charge in [0.05, 0.1) is 10.6 Å². The van der Waals surface area contributed by atoms with E-state index in [1.54, 1.807) is 6.07 Å². The normalized spacial score (nSPS) is 25.8. The summed E-state index contributed by atoms with van der Waals surface area (Å²) in [5.74, 6) is -1.48. The SMILES string of the molecule is C[C@@H](C(=O)Nc1ccc(F)cc1)C1CC2(NC(=O)c3cccc(Cl)c3F)CC1C2. The van der Waals surface area contributed by atoms with Crippen LogP contribution < -0.4 is 10.6 Å². The molecule has 2 amide bonds. The molecule has 0 saturated heterocycles. The van der Waals surface area contributed by atoms with Gasteiger partial charge < -0.3 is 10.6 Å². The van der Waals surface area contributed by atoms with Crippen LogP contribution in [0.2, 0.25) is 5.02 Å². The van der Waals surface area contributed by atoms with E-state index in [1.807, 2.05) is 6.92 Å². The number of hydrogen-bond donors (Lipinski definition) is 2. The Labute approximate surface area is 172 Å². The van der Waals surface area contributed by atoms with Crippen molar-refractivity contribution in [2.45, 2.75) is 31.7 Å². The fourth-order valence-corrected chi connectivity index (χ4v) is 4.91. The number of halogens is 3. The summed E-state index contributed by atoms with van der Waals surface area (Å²) in [5.41, 5.74) is 0.0832. The van der Waals surface area contributed by atoms with Gasteiger partial charge in [-0.25, -0.2) is 8.78 Å². The third-order valence-corrected chi connectivity index (χ3v) is 6.57. The summed E-state index contributed by atoms with van der Waals surface area (Å²) in [4.78, 5) is 25.2. The van der Waals surface area contributed by atoms with Crippen molar-refractivity contribution in [3.8, 4) is 0 Å². The maximum atomic E-state index is 14.1. The maximum Gasteiger partial charge on any atom is 0.254 e. The predicted molar refractivity (Wildman–Crippen MR) is 107 cm³/mol. The number of benzene rings is 2. The van der Waals surface area contributed by atoms with E-state index in [0.717, 1.165) is 12.8 Å². The standard InChI is InChI=1S/C22H21ClF2N2O2/c1-12(20(28)26-15-7-5-14(24)6-8-15)17-11-22(9-13(17)10-22)27-21(29)16-3-2-4-18(23)19(16)25/h2-8,12-13,17H,9-11H2,1H3,(H,26,28)(H,27,29)/t12-,13?,17?,22?/m1/s1. The lowest BCUT2D eigenvalue weighted by atomic mass is 9.74. The highest BCUT2D eigenvalue weighted by molar-refractivity contribution is 6.31. The maximum absolute atomic E-state index is 14.1. The molecule has 1 unspecified atom stereocenters. The molecule has 2 N–H and O–H groups in total. The first-order chi connectivity index (χ1) is 13.8. The first kappa shape index (κ1) is 19.8. The van der Waals surface area contributed by atoms with Gasteiger partial charge in [0.25, 0.3) is 5.91 Å². The van der Waals surface area contributed by atoms with Crippen LogP contribution in [-0.4, -0.2) is 17.4 Å². The van der Waals surface area contributed by atoms with Crippen molar-refractivity contribution < 1.29 is 18.4 Å². The Hall–Kier alpha value is -2.47. The number of carbonyl (C=O) groups excluding carboxylic acids is 2. The highest BCUT2D eigenvalue weighted by atomic mass is 35.5. The minimum absolute atomic E-state index is 0.0686. The molecule has 0 heterocycles. The molecule has 3 fully saturated rings. The molecular formula is C22H21ClF2N2O2. The van der Waals surface area contributed by atoms with E-state index >= 15 is 0 Å². The van der Waals surface area contributed by atoms with E-state index in [1.165, 1.54) is 36.4 Å². The Morgan fingerprint density at radius 2 is 1.79 bits per heavy atom. The minimum Gasteiger partial charge on any atom is -0.346 e. The van der Waals surface area contributed by atoms with Crippen LogP contribution in [-0.2, 0) is 4.79 Å². The summed E-state index contributed by atoms with van der Waals surface area (Å²) < 4.78 is 27.2. The summed E-state index contributed by atoms with van der Waals surface area (Å²) in [6.45, 7) is 1.87. The van der Waals surface area contributed by atoms with E-state index < -0.39 is 17.3 Å². The van der Waals surface area contributed by atoms with Gasteiger partial charge in [0.15, 0.2) is 5.82 Å². The Kier molecular flexibility index (Phi) is 5.07. The number of rotatable bonds is 5. The van der Waals surface area contributed by atoms with Gasteiger partial charge in [-0.15, -0.1) is 0 Å². The van der Waals surface area contributed by atoms with E-state index in [0.29, 0.717) is 18.0 Å². The Balaban J connectivity index is 1.39. The molecule has 2 atom stereocenters. The van der Waals surface area contributed by atoms with Crippen molar-refractivity contribution in [2.24, 2.45) is 17.8 Å². The number of carbonyl (C=O) groups is 2.